The molecule has 3 fully saturated rings. The number of methoxy groups -OCH3 is 2. The summed E-state index contributed by atoms with van der Waals surface area (Å²) in [4.78, 5) is 12.6. The Hall–Kier alpha value is -2.23. The van der Waals surface area contributed by atoms with Gasteiger partial charge in [-0.1, -0.05) is 11.6 Å². The molecule has 1 spiro atoms. The Morgan fingerprint density at radius 3 is 2.69 bits per heavy atom. The van der Waals surface area contributed by atoms with Crippen LogP contribution < -0.4 is 10.1 Å². The summed E-state index contributed by atoms with van der Waals surface area (Å²) < 4.78 is 28.9. The molecule has 6 atom stereocenters. The molecule has 1 aromatic rings. The van der Waals surface area contributed by atoms with E-state index in [9.17, 15) is 4.79 Å². The van der Waals surface area contributed by atoms with Gasteiger partial charge < -0.3 is 29.0 Å². The largest absolute Gasteiger partial charge is 0.480 e. The maximum absolute atomic E-state index is 12.6. The molecule has 1 saturated carbocycles. The number of anilines is 1. The van der Waals surface area contributed by atoms with Gasteiger partial charge in [0.1, 0.15) is 35.8 Å². The Morgan fingerprint density at radius 1 is 1.31 bits per heavy atom. The van der Waals surface area contributed by atoms with E-state index in [1.54, 1.807) is 19.2 Å². The molecule has 1 aromatic heterocycles. The molecular weight excluding hydrogens is 414 g/mol. The zero-order chi connectivity index (χ0) is 22.9. The summed E-state index contributed by atoms with van der Waals surface area (Å²) in [6, 6.07) is 3.37. The first kappa shape index (κ1) is 22.9. The van der Waals surface area contributed by atoms with Gasteiger partial charge in [-0.05, 0) is 46.1 Å². The number of hydrogen-bond donors (Lipinski definition) is 1. The second-order valence-electron chi connectivity index (χ2n) is 9.22. The highest BCUT2D eigenvalue weighted by Gasteiger charge is 2.72. The van der Waals surface area contributed by atoms with Crippen molar-refractivity contribution in [3.63, 3.8) is 0 Å². The van der Waals surface area contributed by atoms with E-state index in [1.165, 1.54) is 12.7 Å². The van der Waals surface area contributed by atoms with Gasteiger partial charge in [-0.2, -0.15) is 0 Å². The maximum Gasteiger partial charge on any atom is 0.325 e. The lowest BCUT2D eigenvalue weighted by molar-refractivity contribution is -0.170. The number of rotatable bonds is 9. The van der Waals surface area contributed by atoms with Crippen LogP contribution in [0.3, 0.4) is 0 Å². The van der Waals surface area contributed by atoms with E-state index in [-0.39, 0.29) is 47.9 Å². The van der Waals surface area contributed by atoms with Crippen molar-refractivity contribution >= 4 is 11.8 Å². The molecule has 0 radical (unpaired) electrons. The number of carbonyl (C=O) groups excluding carboxylic acids is 1. The van der Waals surface area contributed by atoms with Crippen molar-refractivity contribution in [2.75, 3.05) is 32.7 Å². The molecular formula is C23H33N3O6. The second-order valence-corrected chi connectivity index (χ2v) is 9.22. The van der Waals surface area contributed by atoms with Crippen LogP contribution in [0.1, 0.15) is 40.0 Å². The fourth-order valence-corrected chi connectivity index (χ4v) is 4.97. The Labute approximate surface area is 188 Å². The van der Waals surface area contributed by atoms with E-state index < -0.39 is 0 Å². The van der Waals surface area contributed by atoms with Crippen LogP contribution in [0.25, 0.3) is 0 Å². The fourth-order valence-electron chi connectivity index (χ4n) is 4.97. The van der Waals surface area contributed by atoms with Gasteiger partial charge in [0, 0.05) is 13.2 Å². The van der Waals surface area contributed by atoms with E-state index in [0.29, 0.717) is 24.7 Å². The van der Waals surface area contributed by atoms with Gasteiger partial charge in [0.25, 0.3) is 0 Å². The zero-order valence-electron chi connectivity index (χ0n) is 19.4. The number of nitrogens with zero attached hydrogens (tertiary/aromatic N) is 2. The second kappa shape index (κ2) is 8.96. The molecule has 0 bridgehead atoms. The molecule has 3 heterocycles. The summed E-state index contributed by atoms with van der Waals surface area (Å²) >= 11 is 0. The lowest BCUT2D eigenvalue weighted by Crippen LogP contribution is -2.55. The van der Waals surface area contributed by atoms with Crippen LogP contribution in [0.4, 0.5) is 5.82 Å². The van der Waals surface area contributed by atoms with Gasteiger partial charge in [0.05, 0.1) is 25.7 Å². The van der Waals surface area contributed by atoms with Crippen molar-refractivity contribution in [1.82, 2.24) is 10.2 Å². The number of carbonyl (C=O) groups is 1. The normalized spacial score (nSPS) is 35.2. The maximum atomic E-state index is 12.6. The Morgan fingerprint density at radius 2 is 2.09 bits per heavy atom. The van der Waals surface area contributed by atoms with Gasteiger partial charge in [0.2, 0.25) is 5.88 Å². The minimum atomic E-state index is -0.371. The van der Waals surface area contributed by atoms with Crippen LogP contribution >= 0.6 is 0 Å². The standard InChI is InChI=1S/C23H33N3O6/c1-14(2)6-7-16-22(3,32-16)21-20(29-5)15(10-11-23(21)13-30-23)31-19(27)12-24-17-8-9-18(28-4)26-25-17/h6,8-9,15-16,20-21H,7,10-13H2,1-5H3,(H,24,25)/t15-,16?,20-,21-,22+,23+/m1/s1. The minimum Gasteiger partial charge on any atom is -0.480 e. The number of allylic oxidation sites excluding steroid dienone is 1. The average molecular weight is 448 g/mol. The van der Waals surface area contributed by atoms with Crippen LogP contribution in [-0.4, -0.2) is 73.1 Å². The Kier molecular flexibility index (Phi) is 6.42. The first-order valence-electron chi connectivity index (χ1n) is 11.1. The van der Waals surface area contributed by atoms with E-state index in [4.69, 9.17) is 23.7 Å². The molecule has 3 aliphatic rings. The van der Waals surface area contributed by atoms with Crippen LogP contribution in [0.5, 0.6) is 5.88 Å². The molecule has 0 aromatic carbocycles. The third kappa shape index (κ3) is 4.60. The van der Waals surface area contributed by atoms with Gasteiger partial charge >= 0.3 is 5.97 Å². The highest BCUT2D eigenvalue weighted by atomic mass is 16.6. The molecule has 32 heavy (non-hydrogen) atoms. The molecule has 4 rings (SSSR count). The van der Waals surface area contributed by atoms with Crippen molar-refractivity contribution in [1.29, 1.82) is 0 Å². The quantitative estimate of drug-likeness (QED) is 0.347. The van der Waals surface area contributed by atoms with Gasteiger partial charge in [-0.25, -0.2) is 0 Å². The molecule has 2 saturated heterocycles. The third-order valence-electron chi connectivity index (χ3n) is 6.78. The van der Waals surface area contributed by atoms with Crippen LogP contribution in [0.15, 0.2) is 23.8 Å². The van der Waals surface area contributed by atoms with E-state index in [0.717, 1.165) is 12.8 Å². The van der Waals surface area contributed by atoms with Gasteiger partial charge in [-0.3, -0.25) is 4.79 Å². The number of nitrogens with one attached hydrogen (secondary N) is 1. The van der Waals surface area contributed by atoms with Crippen LogP contribution in [0.2, 0.25) is 0 Å². The summed E-state index contributed by atoms with van der Waals surface area (Å²) in [5.74, 6) is 0.509. The SMILES string of the molecule is COc1ccc(NCC(=O)O[C@@H]2CC[C@]3(CO3)[C@@H]([C@@]3(C)OC3CC=C(C)C)[C@@H]2OC)nn1. The smallest absolute Gasteiger partial charge is 0.325 e. The van der Waals surface area contributed by atoms with E-state index >= 15 is 0 Å². The van der Waals surface area contributed by atoms with Crippen molar-refractivity contribution < 1.29 is 28.5 Å². The number of hydrogen-bond acceptors (Lipinski definition) is 9. The Bertz CT molecular complexity index is 852. The van der Waals surface area contributed by atoms with Crippen molar-refractivity contribution in [3.05, 3.63) is 23.8 Å². The monoisotopic (exact) mass is 447 g/mol. The van der Waals surface area contributed by atoms with E-state index in [2.05, 4.69) is 42.4 Å². The highest BCUT2D eigenvalue weighted by Crippen LogP contribution is 2.59. The fraction of sp³-hybridized carbons (Fsp3) is 0.696. The number of epoxide rings is 2. The number of esters is 1. The van der Waals surface area contributed by atoms with Crippen LogP contribution in [-0.2, 0) is 23.7 Å². The zero-order valence-corrected chi connectivity index (χ0v) is 19.4. The predicted octanol–water partition coefficient (Wildman–Crippen LogP) is 2.52. The molecule has 0 amide bonds. The lowest BCUT2D eigenvalue weighted by Gasteiger charge is -2.42. The minimum absolute atomic E-state index is 0.00234. The molecule has 9 nitrogen and oxygen atoms in total. The third-order valence-corrected chi connectivity index (χ3v) is 6.78. The summed E-state index contributed by atoms with van der Waals surface area (Å²) in [6.07, 6.45) is 4.04. The van der Waals surface area contributed by atoms with E-state index in [1.807, 2.05) is 0 Å². The number of ether oxygens (including phenoxy) is 5. The molecule has 9 heteroatoms. The molecule has 2 aliphatic heterocycles. The molecule has 1 aliphatic carbocycles. The van der Waals surface area contributed by atoms with Crippen molar-refractivity contribution in [2.24, 2.45) is 5.92 Å². The summed E-state index contributed by atoms with van der Waals surface area (Å²) in [7, 11) is 3.19. The number of aromatic nitrogens is 2. The molecule has 176 valence electrons. The summed E-state index contributed by atoms with van der Waals surface area (Å²) in [6.45, 7) is 6.99. The summed E-state index contributed by atoms with van der Waals surface area (Å²) in [5, 5.41) is 10.8. The topological polar surface area (TPSA) is 108 Å². The Balaban J connectivity index is 1.39. The highest BCUT2D eigenvalue weighted by molar-refractivity contribution is 5.74. The van der Waals surface area contributed by atoms with Crippen LogP contribution in [0, 0.1) is 5.92 Å². The van der Waals surface area contributed by atoms with Crippen molar-refractivity contribution in [3.8, 4) is 5.88 Å². The molecule has 1 unspecified atom stereocenters. The van der Waals surface area contributed by atoms with Crippen molar-refractivity contribution in [2.45, 2.75) is 69.5 Å². The first-order chi connectivity index (χ1) is 15.3. The van der Waals surface area contributed by atoms with Gasteiger partial charge in [-0.15, -0.1) is 10.2 Å². The molecule has 1 N–H and O–H groups in total. The lowest BCUT2D eigenvalue weighted by atomic mass is 9.68. The van der Waals surface area contributed by atoms with Gasteiger partial charge in [0.15, 0.2) is 0 Å². The predicted molar refractivity (Wildman–Crippen MR) is 116 cm³/mol. The average Bonchev–Trinajstić information content (AvgIpc) is 3.69. The summed E-state index contributed by atoms with van der Waals surface area (Å²) in [5.41, 5.74) is 0.674. The first-order valence-corrected chi connectivity index (χ1v) is 11.1.